The Balaban J connectivity index is 1.96. The van der Waals surface area contributed by atoms with Crippen molar-refractivity contribution in [2.24, 2.45) is 5.92 Å². The molecule has 0 aromatic heterocycles. The number of rotatable bonds is 2. The minimum atomic E-state index is -0.143. The van der Waals surface area contributed by atoms with Crippen LogP contribution in [0.4, 0.5) is 0 Å². The van der Waals surface area contributed by atoms with E-state index in [1.54, 1.807) is 6.07 Å². The molecule has 2 fully saturated rings. The zero-order valence-corrected chi connectivity index (χ0v) is 12.7. The van der Waals surface area contributed by atoms with Crippen molar-refractivity contribution in [3.8, 4) is 0 Å². The van der Waals surface area contributed by atoms with E-state index in [0.29, 0.717) is 16.1 Å². The van der Waals surface area contributed by atoms with Gasteiger partial charge in [0.1, 0.15) is 0 Å². The molecule has 4 atom stereocenters. The molecule has 1 aromatic carbocycles. The number of carbonyl (C=O) groups excluding carboxylic acids is 1. The maximum atomic E-state index is 12.2. The van der Waals surface area contributed by atoms with Gasteiger partial charge in [0.2, 0.25) is 0 Å². The fourth-order valence-electron chi connectivity index (χ4n) is 3.60. The van der Waals surface area contributed by atoms with Crippen LogP contribution in [0.25, 0.3) is 0 Å². The van der Waals surface area contributed by atoms with Crippen molar-refractivity contribution in [2.45, 2.75) is 37.3 Å². The molecule has 2 aliphatic heterocycles. The Morgan fingerprint density at radius 2 is 2.10 bits per heavy atom. The molecule has 0 aliphatic carbocycles. The number of carbonyl (C=O) groups is 1. The summed E-state index contributed by atoms with van der Waals surface area (Å²) >= 11 is 12.1. The number of halogens is 2. The van der Waals surface area contributed by atoms with Crippen LogP contribution in [0, 0.1) is 5.92 Å². The van der Waals surface area contributed by atoms with Crippen LogP contribution in [0.2, 0.25) is 10.0 Å². The number of methoxy groups -OCH3 is 1. The largest absolute Gasteiger partial charge is 0.469 e. The average Bonchev–Trinajstić information content (AvgIpc) is 2.82. The number of benzene rings is 1. The van der Waals surface area contributed by atoms with Crippen LogP contribution in [-0.4, -0.2) is 25.2 Å². The van der Waals surface area contributed by atoms with Crippen molar-refractivity contribution in [3.63, 3.8) is 0 Å². The van der Waals surface area contributed by atoms with Gasteiger partial charge in [0.15, 0.2) is 0 Å². The first-order valence-electron chi connectivity index (χ1n) is 6.89. The van der Waals surface area contributed by atoms with Gasteiger partial charge in [0.25, 0.3) is 0 Å². The average molecular weight is 314 g/mol. The summed E-state index contributed by atoms with van der Waals surface area (Å²) in [4.78, 5) is 12.2. The third kappa shape index (κ3) is 2.43. The lowest BCUT2D eigenvalue weighted by atomic mass is 9.77. The smallest absolute Gasteiger partial charge is 0.310 e. The van der Waals surface area contributed by atoms with Crippen LogP contribution >= 0.6 is 23.2 Å². The Morgan fingerprint density at radius 3 is 2.80 bits per heavy atom. The predicted molar refractivity (Wildman–Crippen MR) is 79.3 cm³/mol. The molecule has 108 valence electrons. The highest BCUT2D eigenvalue weighted by molar-refractivity contribution is 6.42. The van der Waals surface area contributed by atoms with Crippen LogP contribution in [0.1, 0.15) is 30.7 Å². The van der Waals surface area contributed by atoms with Crippen molar-refractivity contribution in [1.82, 2.24) is 5.32 Å². The van der Waals surface area contributed by atoms with E-state index in [-0.39, 0.29) is 23.8 Å². The first-order valence-corrected chi connectivity index (χ1v) is 7.64. The van der Waals surface area contributed by atoms with Crippen molar-refractivity contribution >= 4 is 29.2 Å². The van der Waals surface area contributed by atoms with E-state index in [0.717, 1.165) is 24.8 Å². The molecule has 0 saturated carbocycles. The Hall–Kier alpha value is -0.770. The molecule has 1 aromatic rings. The summed E-state index contributed by atoms with van der Waals surface area (Å²) in [6.07, 6.45) is 3.09. The number of hydrogen-bond donors (Lipinski definition) is 1. The lowest BCUT2D eigenvalue weighted by Gasteiger charge is -2.36. The van der Waals surface area contributed by atoms with Gasteiger partial charge < -0.3 is 10.1 Å². The highest BCUT2D eigenvalue weighted by atomic mass is 35.5. The van der Waals surface area contributed by atoms with Crippen molar-refractivity contribution in [1.29, 1.82) is 0 Å². The number of piperidine rings is 1. The number of esters is 1. The maximum Gasteiger partial charge on any atom is 0.310 e. The fraction of sp³-hybridized carbons (Fsp3) is 0.533. The maximum absolute atomic E-state index is 12.2. The molecule has 0 radical (unpaired) electrons. The van der Waals surface area contributed by atoms with Crippen molar-refractivity contribution < 1.29 is 9.53 Å². The first kappa shape index (κ1) is 14.2. The summed E-state index contributed by atoms with van der Waals surface area (Å²) in [6.45, 7) is 0. The van der Waals surface area contributed by atoms with Crippen molar-refractivity contribution in [3.05, 3.63) is 33.8 Å². The lowest BCUT2D eigenvalue weighted by Crippen LogP contribution is -2.48. The summed E-state index contributed by atoms with van der Waals surface area (Å²) in [5, 5.41) is 4.61. The predicted octanol–water partition coefficient (Wildman–Crippen LogP) is 3.39. The van der Waals surface area contributed by atoms with Crippen LogP contribution in [0.5, 0.6) is 0 Å². The second-order valence-corrected chi connectivity index (χ2v) is 6.43. The number of fused-ring (bicyclic) bond motifs is 2. The SMILES string of the molecule is COC(=O)[C@@H]1[C@@H]2CC[C@H](C[C@@H]1c1ccc(Cl)c(Cl)c1)N2. The van der Waals surface area contributed by atoms with Gasteiger partial charge in [-0.15, -0.1) is 0 Å². The molecule has 5 heteroatoms. The molecule has 20 heavy (non-hydrogen) atoms. The Labute approximate surface area is 128 Å². The van der Waals surface area contributed by atoms with E-state index >= 15 is 0 Å². The molecule has 2 aliphatic rings. The minimum absolute atomic E-state index is 0.140. The molecule has 0 unspecified atom stereocenters. The van der Waals surface area contributed by atoms with E-state index < -0.39 is 0 Å². The van der Waals surface area contributed by atoms with Gasteiger partial charge in [-0.2, -0.15) is 0 Å². The quantitative estimate of drug-likeness (QED) is 0.851. The summed E-state index contributed by atoms with van der Waals surface area (Å²) in [5.41, 5.74) is 1.08. The number of hydrogen-bond acceptors (Lipinski definition) is 3. The normalized spacial score (nSPS) is 32.1. The van der Waals surface area contributed by atoms with E-state index in [1.807, 2.05) is 12.1 Å². The van der Waals surface area contributed by atoms with E-state index in [2.05, 4.69) is 5.32 Å². The van der Waals surface area contributed by atoms with Crippen LogP contribution in [-0.2, 0) is 9.53 Å². The van der Waals surface area contributed by atoms with Crippen molar-refractivity contribution in [2.75, 3.05) is 7.11 Å². The highest BCUT2D eigenvalue weighted by Crippen LogP contribution is 2.43. The molecule has 1 N–H and O–H groups in total. The van der Waals surface area contributed by atoms with Gasteiger partial charge in [0.05, 0.1) is 23.1 Å². The fourth-order valence-corrected chi connectivity index (χ4v) is 3.91. The van der Waals surface area contributed by atoms with Gasteiger partial charge in [-0.25, -0.2) is 0 Å². The topological polar surface area (TPSA) is 38.3 Å². The molecule has 3 nitrogen and oxygen atoms in total. The summed E-state index contributed by atoms with van der Waals surface area (Å²) in [7, 11) is 1.45. The molecule has 3 rings (SSSR count). The Morgan fingerprint density at radius 1 is 1.30 bits per heavy atom. The Bertz CT molecular complexity index is 535. The molecule has 0 spiro atoms. The van der Waals surface area contributed by atoms with Gasteiger partial charge in [-0.3, -0.25) is 4.79 Å². The van der Waals surface area contributed by atoms with Gasteiger partial charge in [-0.05, 0) is 37.0 Å². The molecule has 2 heterocycles. The van der Waals surface area contributed by atoms with Gasteiger partial charge >= 0.3 is 5.97 Å². The zero-order valence-electron chi connectivity index (χ0n) is 11.2. The minimum Gasteiger partial charge on any atom is -0.469 e. The van der Waals surface area contributed by atoms with Crippen LogP contribution in [0.3, 0.4) is 0 Å². The van der Waals surface area contributed by atoms with Gasteiger partial charge in [-0.1, -0.05) is 29.3 Å². The number of nitrogens with one attached hydrogen (secondary N) is 1. The summed E-state index contributed by atoms with van der Waals surface area (Å²) < 4.78 is 5.01. The standard InChI is InChI=1S/C15H17Cl2NO2/c1-20-15(19)14-10(7-9-3-5-13(14)18-9)8-2-4-11(16)12(17)6-8/h2,4,6,9-10,13-14,18H,3,5,7H2,1H3/t9-,10-,13+,14+/m1/s1. The van der Waals surface area contributed by atoms with E-state index in [9.17, 15) is 4.79 Å². The van der Waals surface area contributed by atoms with E-state index in [4.69, 9.17) is 27.9 Å². The molecular formula is C15H17Cl2NO2. The zero-order chi connectivity index (χ0) is 14.3. The summed E-state index contributed by atoms with van der Waals surface area (Å²) in [6, 6.07) is 6.35. The second kappa shape index (κ2) is 5.55. The lowest BCUT2D eigenvalue weighted by molar-refractivity contribution is -0.148. The monoisotopic (exact) mass is 313 g/mol. The highest BCUT2D eigenvalue weighted by Gasteiger charge is 2.46. The summed E-state index contributed by atoms with van der Waals surface area (Å²) in [5.74, 6) is -0.133. The van der Waals surface area contributed by atoms with E-state index in [1.165, 1.54) is 7.11 Å². The van der Waals surface area contributed by atoms with Crippen LogP contribution < -0.4 is 5.32 Å². The molecule has 0 amide bonds. The number of ether oxygens (including phenoxy) is 1. The first-order chi connectivity index (χ1) is 9.60. The Kier molecular flexibility index (Phi) is 3.93. The second-order valence-electron chi connectivity index (χ2n) is 5.61. The molecular weight excluding hydrogens is 297 g/mol. The van der Waals surface area contributed by atoms with Crippen LogP contribution in [0.15, 0.2) is 18.2 Å². The van der Waals surface area contributed by atoms with Gasteiger partial charge in [0, 0.05) is 18.0 Å². The third-order valence-corrected chi connectivity index (χ3v) is 5.27. The molecule has 2 bridgehead atoms. The third-order valence-electron chi connectivity index (χ3n) is 4.53. The molecule has 2 saturated heterocycles.